The van der Waals surface area contributed by atoms with Crippen molar-refractivity contribution in [2.45, 2.75) is 38.1 Å². The van der Waals surface area contributed by atoms with Gasteiger partial charge in [0, 0.05) is 22.4 Å². The molecule has 5 rings (SSSR count). The van der Waals surface area contributed by atoms with Crippen molar-refractivity contribution in [3.8, 4) is 16.9 Å². The quantitative estimate of drug-likeness (QED) is 0.318. The number of rotatable bonds is 5. The van der Waals surface area contributed by atoms with Gasteiger partial charge in [-0.25, -0.2) is 18.1 Å². The number of aromatic nitrogens is 1. The number of ether oxygens (including phenoxy) is 1. The van der Waals surface area contributed by atoms with E-state index in [-0.39, 0.29) is 16.3 Å². The topological polar surface area (TPSA) is 106 Å². The largest absolute Gasteiger partial charge is 0.497 e. The van der Waals surface area contributed by atoms with Gasteiger partial charge < -0.3 is 14.6 Å². The van der Waals surface area contributed by atoms with E-state index in [0.717, 1.165) is 27.2 Å². The molecule has 1 aliphatic heterocycles. The molecule has 0 saturated heterocycles. The minimum absolute atomic E-state index is 0.112. The van der Waals surface area contributed by atoms with E-state index in [2.05, 4.69) is 29.0 Å². The van der Waals surface area contributed by atoms with Crippen LogP contribution in [0.4, 0.5) is 17.3 Å². The molecular formula is C24H24N4O4S3. The normalized spacial score (nSPS) is 14.7. The number of nitrogens with one attached hydrogen (secondary N) is 2. The van der Waals surface area contributed by atoms with Gasteiger partial charge in [-0.1, -0.05) is 25.8 Å². The van der Waals surface area contributed by atoms with Crippen LogP contribution in [0.3, 0.4) is 0 Å². The lowest BCUT2D eigenvalue weighted by Crippen LogP contribution is -2.31. The van der Waals surface area contributed by atoms with E-state index in [1.807, 2.05) is 18.2 Å². The Labute approximate surface area is 210 Å². The highest BCUT2D eigenvalue weighted by Crippen LogP contribution is 2.46. The number of hydrogen-bond acceptors (Lipinski definition) is 9. The SMILES string of the molecule is COc1ccc2c(c1)-c1c(ssc1=Nc1ccc(S(=O)(=O)Nc3onc(C)c3C)cc1)C(C)(C)N2. The third-order valence-electron chi connectivity index (χ3n) is 5.92. The standard InChI is InChI=1S/C24H24N4O4S3/c1-13-14(2)27-32-22(13)28-35(29,30)17-9-6-15(7-10-17)25-23-20-18-12-16(31-5)8-11-19(18)26-24(3,4)21(20)33-34-23/h6-12,26,28H,1-5H3. The number of anilines is 2. The van der Waals surface area contributed by atoms with Crippen LogP contribution in [0, 0.1) is 13.8 Å². The predicted molar refractivity (Wildman–Crippen MR) is 139 cm³/mol. The van der Waals surface area contributed by atoms with Crippen LogP contribution >= 0.6 is 20.7 Å². The number of aryl methyl sites for hydroxylation is 1. The predicted octanol–water partition coefficient (Wildman–Crippen LogP) is 5.78. The Balaban J connectivity index is 1.52. The second-order valence-electron chi connectivity index (χ2n) is 8.77. The summed E-state index contributed by atoms with van der Waals surface area (Å²) in [7, 11) is 1.12. The molecule has 0 unspecified atom stereocenters. The summed E-state index contributed by atoms with van der Waals surface area (Å²) in [5.41, 5.74) is 4.84. The van der Waals surface area contributed by atoms with Crippen molar-refractivity contribution in [1.82, 2.24) is 5.16 Å². The van der Waals surface area contributed by atoms with Gasteiger partial charge in [0.05, 0.1) is 33.8 Å². The Morgan fingerprint density at radius 1 is 1.11 bits per heavy atom. The fourth-order valence-corrected chi connectivity index (χ4v) is 7.84. The zero-order valence-corrected chi connectivity index (χ0v) is 22.2. The highest BCUT2D eigenvalue weighted by atomic mass is 32.9. The molecule has 11 heteroatoms. The van der Waals surface area contributed by atoms with E-state index in [4.69, 9.17) is 14.3 Å². The van der Waals surface area contributed by atoms with Crippen LogP contribution in [0.2, 0.25) is 0 Å². The maximum Gasteiger partial charge on any atom is 0.264 e. The van der Waals surface area contributed by atoms with Crippen molar-refractivity contribution in [2.75, 3.05) is 17.1 Å². The van der Waals surface area contributed by atoms with Crippen LogP contribution in [0.25, 0.3) is 11.1 Å². The molecule has 182 valence electrons. The van der Waals surface area contributed by atoms with E-state index >= 15 is 0 Å². The number of hydrogen-bond donors (Lipinski definition) is 2. The summed E-state index contributed by atoms with van der Waals surface area (Å²) in [6.45, 7) is 7.80. The summed E-state index contributed by atoms with van der Waals surface area (Å²) in [5.74, 6) is 0.894. The zero-order chi connectivity index (χ0) is 25.0. The molecule has 3 heterocycles. The number of benzene rings is 2. The maximum atomic E-state index is 12.8. The molecule has 0 aliphatic carbocycles. The molecule has 4 aromatic rings. The van der Waals surface area contributed by atoms with E-state index in [9.17, 15) is 8.42 Å². The Bertz CT molecular complexity index is 1600. The van der Waals surface area contributed by atoms with Gasteiger partial charge in [-0.05, 0) is 70.2 Å². The fourth-order valence-electron chi connectivity index (χ4n) is 3.86. The monoisotopic (exact) mass is 528 g/mol. The van der Waals surface area contributed by atoms with Crippen molar-refractivity contribution < 1.29 is 17.7 Å². The third kappa shape index (κ3) is 4.24. The van der Waals surface area contributed by atoms with Gasteiger partial charge in [0.2, 0.25) is 5.88 Å². The van der Waals surface area contributed by atoms with Crippen molar-refractivity contribution >= 4 is 48.0 Å². The number of nitrogens with zero attached hydrogens (tertiary/aromatic N) is 2. The minimum atomic E-state index is -3.82. The van der Waals surface area contributed by atoms with E-state index < -0.39 is 10.0 Å². The highest BCUT2D eigenvalue weighted by molar-refractivity contribution is 7.92. The van der Waals surface area contributed by atoms with Crippen LogP contribution < -0.4 is 19.4 Å². The molecule has 2 aromatic carbocycles. The molecule has 35 heavy (non-hydrogen) atoms. The Hall–Kier alpha value is -3.15. The van der Waals surface area contributed by atoms with Gasteiger partial charge >= 0.3 is 0 Å². The lowest BCUT2D eigenvalue weighted by atomic mass is 9.90. The first-order valence-electron chi connectivity index (χ1n) is 10.8. The van der Waals surface area contributed by atoms with Crippen LogP contribution in [0.5, 0.6) is 5.75 Å². The third-order valence-corrected chi connectivity index (χ3v) is 9.91. The van der Waals surface area contributed by atoms with Crippen LogP contribution in [0.1, 0.15) is 30.0 Å². The molecule has 0 spiro atoms. The summed E-state index contributed by atoms with van der Waals surface area (Å²) < 4.78 is 39.5. The van der Waals surface area contributed by atoms with Crippen molar-refractivity contribution in [3.05, 3.63) is 63.3 Å². The van der Waals surface area contributed by atoms with Crippen molar-refractivity contribution in [1.29, 1.82) is 0 Å². The molecule has 0 saturated carbocycles. The molecule has 0 amide bonds. The number of sulfonamides is 1. The second kappa shape index (κ2) is 8.51. The Morgan fingerprint density at radius 3 is 2.51 bits per heavy atom. The first-order valence-corrected chi connectivity index (χ1v) is 14.4. The molecule has 0 radical (unpaired) electrons. The molecule has 8 nitrogen and oxygen atoms in total. The summed E-state index contributed by atoms with van der Waals surface area (Å²) in [5, 5.41) is 7.40. The van der Waals surface area contributed by atoms with Gasteiger partial charge in [0.25, 0.3) is 10.0 Å². The second-order valence-corrected chi connectivity index (χ2v) is 12.6. The van der Waals surface area contributed by atoms with E-state index in [1.54, 1.807) is 53.8 Å². The molecule has 0 atom stereocenters. The smallest absolute Gasteiger partial charge is 0.264 e. The zero-order valence-electron chi connectivity index (χ0n) is 19.8. The van der Waals surface area contributed by atoms with E-state index in [0.29, 0.717) is 16.9 Å². The molecule has 2 aromatic heterocycles. The minimum Gasteiger partial charge on any atom is -0.497 e. The maximum absolute atomic E-state index is 12.8. The average Bonchev–Trinajstić information content (AvgIpc) is 3.38. The van der Waals surface area contributed by atoms with Gasteiger partial charge in [-0.3, -0.25) is 0 Å². The summed E-state index contributed by atoms with van der Waals surface area (Å²) in [6, 6.07) is 12.4. The Kier molecular flexibility index (Phi) is 5.73. The van der Waals surface area contributed by atoms with Gasteiger partial charge in [0.1, 0.15) is 10.4 Å². The van der Waals surface area contributed by atoms with E-state index in [1.165, 1.54) is 17.0 Å². The van der Waals surface area contributed by atoms with Crippen molar-refractivity contribution in [3.63, 3.8) is 0 Å². The molecular weight excluding hydrogens is 504 g/mol. The number of methoxy groups -OCH3 is 1. The van der Waals surface area contributed by atoms with Crippen LogP contribution in [-0.4, -0.2) is 20.7 Å². The molecule has 2 N–H and O–H groups in total. The molecule has 0 fully saturated rings. The number of fused-ring (bicyclic) bond motifs is 3. The van der Waals surface area contributed by atoms with Crippen LogP contribution in [-0.2, 0) is 15.6 Å². The summed E-state index contributed by atoms with van der Waals surface area (Å²) >= 11 is 0. The molecule has 1 aliphatic rings. The van der Waals surface area contributed by atoms with Crippen LogP contribution in [0.15, 0.2) is 56.9 Å². The summed E-state index contributed by atoms with van der Waals surface area (Å²) in [6.07, 6.45) is 0. The summed E-state index contributed by atoms with van der Waals surface area (Å²) in [4.78, 5) is 6.19. The lowest BCUT2D eigenvalue weighted by Gasteiger charge is -2.33. The average molecular weight is 529 g/mol. The lowest BCUT2D eigenvalue weighted by molar-refractivity contribution is 0.415. The first kappa shape index (κ1) is 23.6. The van der Waals surface area contributed by atoms with Crippen molar-refractivity contribution in [2.24, 2.45) is 4.99 Å². The highest BCUT2D eigenvalue weighted by Gasteiger charge is 2.33. The first-order chi connectivity index (χ1) is 16.6. The van der Waals surface area contributed by atoms with Gasteiger partial charge in [-0.15, -0.1) is 0 Å². The Morgan fingerprint density at radius 2 is 1.86 bits per heavy atom. The molecule has 0 bridgehead atoms. The van der Waals surface area contributed by atoms with Gasteiger partial charge in [-0.2, -0.15) is 0 Å². The van der Waals surface area contributed by atoms with Gasteiger partial charge in [0.15, 0.2) is 0 Å². The fraction of sp³-hybridized carbons (Fsp3) is 0.250.